The molecular formula is C10H18BrNO2S. The molecule has 0 radical (unpaired) electrons. The summed E-state index contributed by atoms with van der Waals surface area (Å²) in [4.78, 5) is 2.08. The summed E-state index contributed by atoms with van der Waals surface area (Å²) in [6.45, 7) is 4.48. The maximum atomic E-state index is 11.6. The molecule has 0 spiro atoms. The molecule has 15 heavy (non-hydrogen) atoms. The average Bonchev–Trinajstić information content (AvgIpc) is 2.48. The molecule has 1 fully saturated rings. The zero-order valence-electron chi connectivity index (χ0n) is 9.24. The largest absolute Gasteiger partial charge is 0.297 e. The van der Waals surface area contributed by atoms with Gasteiger partial charge >= 0.3 is 0 Å². The Bertz CT molecular complexity index is 339. The van der Waals surface area contributed by atoms with Crippen LogP contribution in [0.2, 0.25) is 0 Å². The molecule has 1 aliphatic carbocycles. The van der Waals surface area contributed by atoms with Crippen LogP contribution in [0.3, 0.4) is 0 Å². The number of hydrogen-bond acceptors (Lipinski definition) is 3. The van der Waals surface area contributed by atoms with Crippen molar-refractivity contribution in [3.05, 3.63) is 11.1 Å². The Morgan fingerprint density at radius 3 is 2.60 bits per heavy atom. The Hall–Kier alpha value is 0.130. The summed E-state index contributed by atoms with van der Waals surface area (Å²) < 4.78 is 24.0. The fourth-order valence-corrected chi connectivity index (χ4v) is 4.20. The van der Waals surface area contributed by atoms with Gasteiger partial charge < -0.3 is 0 Å². The standard InChI is InChI=1S/C10H18BrNO2S/c1-8(11)7-12(2)9-5-4-6-10(9)15(3,13)14/h9-10H,1,4-7H2,2-3H3. The zero-order chi connectivity index (χ0) is 11.6. The van der Waals surface area contributed by atoms with Gasteiger partial charge in [-0.25, -0.2) is 8.42 Å². The van der Waals surface area contributed by atoms with E-state index in [1.54, 1.807) is 0 Å². The van der Waals surface area contributed by atoms with Crippen molar-refractivity contribution in [1.82, 2.24) is 4.90 Å². The normalized spacial score (nSPS) is 27.2. The van der Waals surface area contributed by atoms with Gasteiger partial charge in [-0.05, 0) is 19.9 Å². The van der Waals surface area contributed by atoms with Crippen molar-refractivity contribution in [2.24, 2.45) is 0 Å². The molecule has 88 valence electrons. The van der Waals surface area contributed by atoms with Crippen LogP contribution in [-0.4, -0.2) is 44.5 Å². The zero-order valence-corrected chi connectivity index (χ0v) is 11.6. The van der Waals surface area contributed by atoms with Crippen LogP contribution >= 0.6 is 15.9 Å². The first-order chi connectivity index (χ1) is 6.82. The fraction of sp³-hybridized carbons (Fsp3) is 0.800. The van der Waals surface area contributed by atoms with E-state index in [4.69, 9.17) is 0 Å². The lowest BCUT2D eigenvalue weighted by Crippen LogP contribution is -2.41. The van der Waals surface area contributed by atoms with E-state index >= 15 is 0 Å². The molecule has 0 N–H and O–H groups in total. The quantitative estimate of drug-likeness (QED) is 0.794. The minimum Gasteiger partial charge on any atom is -0.297 e. The number of sulfone groups is 1. The molecule has 0 saturated heterocycles. The highest BCUT2D eigenvalue weighted by atomic mass is 79.9. The van der Waals surface area contributed by atoms with E-state index in [-0.39, 0.29) is 11.3 Å². The molecule has 0 aromatic rings. The molecule has 1 aliphatic rings. The summed E-state index contributed by atoms with van der Waals surface area (Å²) in [5.41, 5.74) is 0. The third kappa shape index (κ3) is 3.57. The molecule has 2 atom stereocenters. The van der Waals surface area contributed by atoms with E-state index in [0.29, 0.717) is 6.54 Å². The van der Waals surface area contributed by atoms with Gasteiger partial charge in [-0.3, -0.25) is 4.90 Å². The lowest BCUT2D eigenvalue weighted by molar-refractivity contribution is 0.271. The van der Waals surface area contributed by atoms with Crippen LogP contribution in [0.15, 0.2) is 11.1 Å². The van der Waals surface area contributed by atoms with Gasteiger partial charge in [0.15, 0.2) is 9.84 Å². The van der Waals surface area contributed by atoms with Gasteiger partial charge in [0.2, 0.25) is 0 Å². The summed E-state index contributed by atoms with van der Waals surface area (Å²) in [5, 5.41) is -0.200. The second-order valence-electron chi connectivity index (χ2n) is 4.30. The van der Waals surface area contributed by atoms with Crippen molar-refractivity contribution in [1.29, 1.82) is 0 Å². The Kier molecular flexibility index (Phi) is 4.38. The molecule has 2 unspecified atom stereocenters. The summed E-state index contributed by atoms with van der Waals surface area (Å²) in [6.07, 6.45) is 4.10. The van der Waals surface area contributed by atoms with E-state index in [1.807, 2.05) is 7.05 Å². The van der Waals surface area contributed by atoms with Crippen LogP contribution in [0.1, 0.15) is 19.3 Å². The molecular weight excluding hydrogens is 278 g/mol. The third-order valence-electron chi connectivity index (χ3n) is 2.95. The Morgan fingerprint density at radius 2 is 2.13 bits per heavy atom. The van der Waals surface area contributed by atoms with Gasteiger partial charge in [-0.1, -0.05) is 28.9 Å². The van der Waals surface area contributed by atoms with E-state index in [2.05, 4.69) is 27.4 Å². The summed E-state index contributed by atoms with van der Waals surface area (Å²) in [7, 11) is -0.960. The summed E-state index contributed by atoms with van der Waals surface area (Å²) >= 11 is 3.31. The van der Waals surface area contributed by atoms with E-state index in [0.717, 1.165) is 23.7 Å². The van der Waals surface area contributed by atoms with Gasteiger partial charge in [0.25, 0.3) is 0 Å². The van der Waals surface area contributed by atoms with Crippen molar-refractivity contribution in [2.75, 3.05) is 19.8 Å². The number of likely N-dealkylation sites (N-methyl/N-ethyl adjacent to an activating group) is 1. The van der Waals surface area contributed by atoms with Crippen LogP contribution in [0.25, 0.3) is 0 Å². The highest BCUT2D eigenvalue weighted by molar-refractivity contribution is 9.11. The molecule has 5 heteroatoms. The number of nitrogens with zero attached hydrogens (tertiary/aromatic N) is 1. The van der Waals surface area contributed by atoms with E-state index in [9.17, 15) is 8.42 Å². The lowest BCUT2D eigenvalue weighted by Gasteiger charge is -2.28. The molecule has 0 amide bonds. The van der Waals surface area contributed by atoms with Crippen molar-refractivity contribution < 1.29 is 8.42 Å². The predicted octanol–water partition coefficient (Wildman–Crippen LogP) is 1.79. The van der Waals surface area contributed by atoms with E-state index in [1.165, 1.54) is 6.26 Å². The average molecular weight is 296 g/mol. The maximum absolute atomic E-state index is 11.6. The first kappa shape index (κ1) is 13.2. The molecule has 3 nitrogen and oxygen atoms in total. The topological polar surface area (TPSA) is 37.4 Å². The number of rotatable bonds is 4. The molecule has 1 saturated carbocycles. The molecule has 0 heterocycles. The molecule has 0 aromatic heterocycles. The van der Waals surface area contributed by atoms with Crippen LogP contribution in [0, 0.1) is 0 Å². The van der Waals surface area contributed by atoms with Gasteiger partial charge in [-0.15, -0.1) is 0 Å². The summed E-state index contributed by atoms with van der Waals surface area (Å²) in [6, 6.07) is 0.147. The van der Waals surface area contributed by atoms with Gasteiger partial charge in [0, 0.05) is 23.3 Å². The molecule has 0 bridgehead atoms. The molecule has 0 aromatic carbocycles. The second kappa shape index (κ2) is 4.97. The third-order valence-corrected chi connectivity index (χ3v) is 4.86. The maximum Gasteiger partial charge on any atom is 0.151 e. The fourth-order valence-electron chi connectivity index (χ4n) is 2.30. The Morgan fingerprint density at radius 1 is 1.53 bits per heavy atom. The second-order valence-corrected chi connectivity index (χ2v) is 7.68. The van der Waals surface area contributed by atoms with Gasteiger partial charge in [0.1, 0.15) is 0 Å². The highest BCUT2D eigenvalue weighted by Gasteiger charge is 2.36. The molecule has 1 rings (SSSR count). The first-order valence-corrected chi connectivity index (χ1v) is 7.79. The highest BCUT2D eigenvalue weighted by Crippen LogP contribution is 2.29. The molecule has 0 aliphatic heterocycles. The van der Waals surface area contributed by atoms with Crippen molar-refractivity contribution in [3.63, 3.8) is 0 Å². The van der Waals surface area contributed by atoms with Gasteiger partial charge in [0.05, 0.1) is 5.25 Å². The van der Waals surface area contributed by atoms with Crippen LogP contribution in [0.4, 0.5) is 0 Å². The first-order valence-electron chi connectivity index (χ1n) is 5.04. The van der Waals surface area contributed by atoms with Crippen molar-refractivity contribution in [2.45, 2.75) is 30.6 Å². The minimum atomic E-state index is -2.92. The number of hydrogen-bond donors (Lipinski definition) is 0. The Balaban J connectivity index is 2.72. The van der Waals surface area contributed by atoms with E-state index < -0.39 is 9.84 Å². The van der Waals surface area contributed by atoms with Gasteiger partial charge in [-0.2, -0.15) is 0 Å². The minimum absolute atomic E-state index is 0.147. The van der Waals surface area contributed by atoms with Crippen molar-refractivity contribution in [3.8, 4) is 0 Å². The number of halogens is 1. The lowest BCUT2D eigenvalue weighted by atomic mass is 10.2. The van der Waals surface area contributed by atoms with Crippen LogP contribution < -0.4 is 0 Å². The van der Waals surface area contributed by atoms with Crippen LogP contribution in [-0.2, 0) is 9.84 Å². The van der Waals surface area contributed by atoms with Crippen molar-refractivity contribution >= 4 is 25.8 Å². The Labute approximate surface area is 101 Å². The smallest absolute Gasteiger partial charge is 0.151 e. The summed E-state index contributed by atoms with van der Waals surface area (Å²) in [5.74, 6) is 0. The monoisotopic (exact) mass is 295 g/mol. The SMILES string of the molecule is C=C(Br)CN(C)C1CCCC1S(C)(=O)=O. The predicted molar refractivity (Wildman–Crippen MR) is 67.0 cm³/mol. The van der Waals surface area contributed by atoms with Crippen LogP contribution in [0.5, 0.6) is 0 Å².